The van der Waals surface area contributed by atoms with Crippen molar-refractivity contribution < 1.29 is 0 Å². The molecule has 2 N–H and O–H groups in total. The summed E-state index contributed by atoms with van der Waals surface area (Å²) < 4.78 is 0. The van der Waals surface area contributed by atoms with Crippen LogP contribution in [-0.4, -0.2) is 35.5 Å². The third kappa shape index (κ3) is 3.82. The van der Waals surface area contributed by atoms with Crippen molar-refractivity contribution in [1.29, 1.82) is 0 Å². The average molecular weight is 413 g/mol. The van der Waals surface area contributed by atoms with E-state index in [4.69, 9.17) is 0 Å². The number of hydrogen-bond donors (Lipinski definition) is 2. The molecule has 5 aromatic rings. The molecule has 5 rings (SSSR count). The number of anilines is 2. The Hall–Kier alpha value is -3.15. The highest BCUT2D eigenvalue weighted by molar-refractivity contribution is 7.21. The first-order valence-electron chi connectivity index (χ1n) is 10.1. The molecule has 0 saturated carbocycles. The van der Waals surface area contributed by atoms with E-state index in [-0.39, 0.29) is 0 Å². The molecule has 0 amide bonds. The first-order valence-corrected chi connectivity index (χ1v) is 10.9. The summed E-state index contributed by atoms with van der Waals surface area (Å²) in [5.41, 5.74) is 5.92. The van der Waals surface area contributed by atoms with E-state index in [1.54, 1.807) is 11.3 Å². The van der Waals surface area contributed by atoms with Gasteiger partial charge < -0.3 is 15.2 Å². The lowest BCUT2D eigenvalue weighted by Crippen LogP contribution is -2.14. The van der Waals surface area contributed by atoms with Gasteiger partial charge in [0, 0.05) is 45.8 Å². The van der Waals surface area contributed by atoms with Crippen molar-refractivity contribution >= 4 is 43.8 Å². The fraction of sp³-hybridized carbons (Fsp3) is 0.160. The molecule has 2 aromatic carbocycles. The number of pyridine rings is 1. The third-order valence-electron chi connectivity index (χ3n) is 5.35. The molecule has 0 aliphatic heterocycles. The normalized spacial score (nSPS) is 11.6. The van der Waals surface area contributed by atoms with Crippen LogP contribution in [0.2, 0.25) is 0 Å². The Morgan fingerprint density at radius 1 is 1.00 bits per heavy atom. The van der Waals surface area contributed by atoms with Crippen LogP contribution in [0.5, 0.6) is 0 Å². The molecule has 3 heterocycles. The number of nitrogens with zero attached hydrogens (tertiary/aromatic N) is 2. The maximum absolute atomic E-state index is 4.61. The van der Waals surface area contributed by atoms with Crippen LogP contribution in [0.4, 0.5) is 11.4 Å². The molecule has 5 heteroatoms. The first-order chi connectivity index (χ1) is 14.7. The topological polar surface area (TPSA) is 44.0 Å². The lowest BCUT2D eigenvalue weighted by molar-refractivity contribution is 0.413. The number of H-pyrrole nitrogens is 1. The van der Waals surface area contributed by atoms with E-state index in [2.05, 4.69) is 88.9 Å². The highest BCUT2D eigenvalue weighted by Crippen LogP contribution is 2.37. The van der Waals surface area contributed by atoms with Crippen molar-refractivity contribution in [2.24, 2.45) is 0 Å². The van der Waals surface area contributed by atoms with Gasteiger partial charge >= 0.3 is 0 Å². The molecule has 0 atom stereocenters. The summed E-state index contributed by atoms with van der Waals surface area (Å²) in [5.74, 6) is 0. The van der Waals surface area contributed by atoms with E-state index in [9.17, 15) is 0 Å². The van der Waals surface area contributed by atoms with Crippen LogP contribution in [0.15, 0.2) is 73.1 Å². The second-order valence-electron chi connectivity index (χ2n) is 7.84. The minimum atomic E-state index is 1.05. The molecular weight excluding hydrogens is 388 g/mol. The maximum atomic E-state index is 4.61. The minimum Gasteiger partial charge on any atom is -0.361 e. The first kappa shape index (κ1) is 18.9. The van der Waals surface area contributed by atoms with Gasteiger partial charge in [-0.2, -0.15) is 0 Å². The molecular formula is C25H24N4S. The van der Waals surface area contributed by atoms with Gasteiger partial charge in [-0.25, -0.2) is 4.98 Å². The Balaban J connectivity index is 1.43. The molecule has 0 spiro atoms. The van der Waals surface area contributed by atoms with Gasteiger partial charge in [-0.1, -0.05) is 24.3 Å². The molecule has 3 aromatic heterocycles. The van der Waals surface area contributed by atoms with Crippen molar-refractivity contribution in [1.82, 2.24) is 14.9 Å². The van der Waals surface area contributed by atoms with Crippen molar-refractivity contribution in [3.63, 3.8) is 0 Å². The zero-order valence-corrected chi connectivity index (χ0v) is 18.0. The largest absolute Gasteiger partial charge is 0.361 e. The molecule has 0 aliphatic carbocycles. The highest BCUT2D eigenvalue weighted by atomic mass is 32.1. The molecule has 0 saturated heterocycles. The second kappa shape index (κ2) is 7.94. The molecule has 0 radical (unpaired) electrons. The molecule has 0 bridgehead atoms. The van der Waals surface area contributed by atoms with Crippen molar-refractivity contribution in [2.45, 2.75) is 6.42 Å². The van der Waals surface area contributed by atoms with Gasteiger partial charge in [0.05, 0.1) is 5.69 Å². The summed E-state index contributed by atoms with van der Waals surface area (Å²) in [6.45, 7) is 1.07. The monoisotopic (exact) mass is 412 g/mol. The van der Waals surface area contributed by atoms with Gasteiger partial charge in [-0.3, -0.25) is 0 Å². The molecule has 0 aliphatic rings. The van der Waals surface area contributed by atoms with Crippen molar-refractivity contribution in [2.75, 3.05) is 26.0 Å². The van der Waals surface area contributed by atoms with Crippen LogP contribution < -0.4 is 5.32 Å². The molecule has 30 heavy (non-hydrogen) atoms. The smallest absolute Gasteiger partial charge is 0.125 e. The van der Waals surface area contributed by atoms with E-state index in [1.165, 1.54) is 21.4 Å². The Kier molecular flexibility index (Phi) is 4.99. The maximum Gasteiger partial charge on any atom is 0.125 e. The number of thiophene rings is 1. The van der Waals surface area contributed by atoms with Gasteiger partial charge in [0.1, 0.15) is 4.83 Å². The summed E-state index contributed by atoms with van der Waals surface area (Å²) >= 11 is 1.74. The van der Waals surface area contributed by atoms with Gasteiger partial charge in [0.25, 0.3) is 0 Å². The molecule has 0 fully saturated rings. The van der Waals surface area contributed by atoms with E-state index < -0.39 is 0 Å². The SMILES string of the molecule is CN(C)CCc1ccc(-c2cc3c(Nc4ccc5[nH]ccc5c4)ccnc3s2)cc1. The average Bonchev–Trinajstić information content (AvgIpc) is 3.39. The van der Waals surface area contributed by atoms with Crippen LogP contribution in [-0.2, 0) is 6.42 Å². The fourth-order valence-electron chi connectivity index (χ4n) is 3.67. The number of fused-ring (bicyclic) bond motifs is 2. The van der Waals surface area contributed by atoms with Gasteiger partial charge in [0.15, 0.2) is 0 Å². The lowest BCUT2D eigenvalue weighted by Gasteiger charge is -2.09. The Bertz CT molecular complexity index is 1300. The van der Waals surface area contributed by atoms with Gasteiger partial charge in [-0.05, 0) is 68.0 Å². The zero-order chi connectivity index (χ0) is 20.5. The fourth-order valence-corrected chi connectivity index (χ4v) is 4.70. The number of benzene rings is 2. The Morgan fingerprint density at radius 3 is 2.70 bits per heavy atom. The molecule has 4 nitrogen and oxygen atoms in total. The van der Waals surface area contributed by atoms with Gasteiger partial charge in [-0.15, -0.1) is 11.3 Å². The summed E-state index contributed by atoms with van der Waals surface area (Å²) in [5, 5.41) is 5.93. The number of rotatable bonds is 6. The van der Waals surface area contributed by atoms with Crippen LogP contribution in [0.25, 0.3) is 31.6 Å². The van der Waals surface area contributed by atoms with E-state index in [0.29, 0.717) is 0 Å². The predicted molar refractivity (Wildman–Crippen MR) is 129 cm³/mol. The Morgan fingerprint density at radius 2 is 1.87 bits per heavy atom. The van der Waals surface area contributed by atoms with Crippen molar-refractivity contribution in [3.05, 3.63) is 78.6 Å². The van der Waals surface area contributed by atoms with Crippen LogP contribution in [0.3, 0.4) is 0 Å². The summed E-state index contributed by atoms with van der Waals surface area (Å²) in [7, 11) is 4.22. The highest BCUT2D eigenvalue weighted by Gasteiger charge is 2.10. The number of likely N-dealkylation sites (N-methyl/N-ethyl adjacent to an activating group) is 1. The molecule has 150 valence electrons. The number of aromatic nitrogens is 2. The van der Waals surface area contributed by atoms with Crippen LogP contribution in [0, 0.1) is 0 Å². The predicted octanol–water partition coefficient (Wildman–Crippen LogP) is 6.29. The Labute approximate surface area is 180 Å². The van der Waals surface area contributed by atoms with Crippen LogP contribution >= 0.6 is 11.3 Å². The zero-order valence-electron chi connectivity index (χ0n) is 17.1. The summed E-state index contributed by atoms with van der Waals surface area (Å²) in [6, 6.07) is 21.7. The number of hydrogen-bond acceptors (Lipinski definition) is 4. The van der Waals surface area contributed by atoms with E-state index in [0.717, 1.165) is 40.1 Å². The number of aromatic amines is 1. The summed E-state index contributed by atoms with van der Waals surface area (Å²) in [4.78, 5) is 12.4. The standard InChI is InChI=1S/C25H24N4S/c1-29(2)14-11-17-3-5-18(6-4-17)24-16-21-23(10-13-27-25(21)30-24)28-20-7-8-22-19(15-20)9-12-26-22/h3-10,12-13,15-16,26H,11,14H2,1-2H3,(H,27,28). The molecule has 0 unspecified atom stereocenters. The van der Waals surface area contributed by atoms with Crippen molar-refractivity contribution in [3.8, 4) is 10.4 Å². The minimum absolute atomic E-state index is 1.05. The van der Waals surface area contributed by atoms with Gasteiger partial charge in [0.2, 0.25) is 0 Å². The lowest BCUT2D eigenvalue weighted by atomic mass is 10.1. The van der Waals surface area contributed by atoms with E-state index >= 15 is 0 Å². The van der Waals surface area contributed by atoms with Crippen LogP contribution in [0.1, 0.15) is 5.56 Å². The quantitative estimate of drug-likeness (QED) is 0.344. The third-order valence-corrected chi connectivity index (χ3v) is 6.45. The van der Waals surface area contributed by atoms with E-state index in [1.807, 2.05) is 18.5 Å². The number of nitrogens with one attached hydrogen (secondary N) is 2. The second-order valence-corrected chi connectivity index (χ2v) is 8.87. The summed E-state index contributed by atoms with van der Waals surface area (Å²) in [6.07, 6.45) is 4.92.